The van der Waals surface area contributed by atoms with Gasteiger partial charge in [-0.2, -0.15) is 9.57 Å². The molecule has 1 amide bonds. The summed E-state index contributed by atoms with van der Waals surface area (Å²) in [4.78, 5) is 21.5. The first kappa shape index (κ1) is 21.3. The number of hydrogen-bond donors (Lipinski definition) is 0. The van der Waals surface area contributed by atoms with Gasteiger partial charge >= 0.3 is 0 Å². The maximum absolute atomic E-state index is 13.2. The Bertz CT molecular complexity index is 1140. The fourth-order valence-corrected chi connectivity index (χ4v) is 5.72. The van der Waals surface area contributed by atoms with Crippen LogP contribution in [-0.4, -0.2) is 67.3 Å². The van der Waals surface area contributed by atoms with Crippen LogP contribution in [-0.2, 0) is 10.0 Å². The quantitative estimate of drug-likeness (QED) is 0.723. The Kier molecular flexibility index (Phi) is 5.69. The third-order valence-electron chi connectivity index (χ3n) is 5.95. The van der Waals surface area contributed by atoms with Gasteiger partial charge < -0.3 is 9.80 Å². The molecule has 2 aliphatic rings. The molecule has 0 N–H and O–H groups in total. The van der Waals surface area contributed by atoms with Gasteiger partial charge in [-0.1, -0.05) is 0 Å². The highest BCUT2D eigenvalue weighted by atomic mass is 32.2. The molecule has 0 bridgehead atoms. The second kappa shape index (κ2) is 8.29. The Morgan fingerprint density at radius 1 is 1.16 bits per heavy atom. The largest absolute Gasteiger partial charge is 0.356 e. The number of nitriles is 1. The molecule has 9 heteroatoms. The molecule has 8 nitrogen and oxygen atoms in total. The zero-order valence-corrected chi connectivity index (χ0v) is 18.5. The molecule has 0 saturated carbocycles. The van der Waals surface area contributed by atoms with Gasteiger partial charge in [0.2, 0.25) is 10.0 Å². The number of pyridine rings is 1. The van der Waals surface area contributed by atoms with E-state index in [0.29, 0.717) is 23.2 Å². The Labute approximate surface area is 182 Å². The van der Waals surface area contributed by atoms with Crippen LogP contribution in [0.25, 0.3) is 0 Å². The van der Waals surface area contributed by atoms with Crippen LogP contribution in [0, 0.1) is 18.3 Å². The molecular formula is C22H25N5O3S. The van der Waals surface area contributed by atoms with Crippen molar-refractivity contribution >= 4 is 21.7 Å². The van der Waals surface area contributed by atoms with Gasteiger partial charge in [0.15, 0.2) is 0 Å². The minimum absolute atomic E-state index is 0.137. The average molecular weight is 440 g/mol. The number of sulfonamides is 1. The standard InChI is InChI=1S/C22H25N5O3S/c1-16-12-18(13-23)4-6-20(16)31(29,30)26-10-11-27(17(2)15-26)22(28)19-5-7-21(24-14-19)25-8-3-9-25/h4-7,12,14,17H,3,8-11,15H2,1-2H3. The average Bonchev–Trinajstić information content (AvgIpc) is 2.72. The number of anilines is 1. The summed E-state index contributed by atoms with van der Waals surface area (Å²) in [5.41, 5.74) is 1.47. The fourth-order valence-electron chi connectivity index (χ4n) is 4.00. The van der Waals surface area contributed by atoms with Gasteiger partial charge in [-0.25, -0.2) is 13.4 Å². The smallest absolute Gasteiger partial charge is 0.255 e. The number of nitrogens with zero attached hydrogens (tertiary/aromatic N) is 5. The lowest BCUT2D eigenvalue weighted by Crippen LogP contribution is -2.55. The monoisotopic (exact) mass is 439 g/mol. The van der Waals surface area contributed by atoms with Crippen molar-refractivity contribution in [3.8, 4) is 6.07 Å². The minimum atomic E-state index is -3.71. The Hall–Kier alpha value is -2.96. The van der Waals surface area contributed by atoms with Gasteiger partial charge in [-0.3, -0.25) is 4.79 Å². The summed E-state index contributed by atoms with van der Waals surface area (Å²) >= 11 is 0. The maximum atomic E-state index is 13.2. The normalized spacial score (nSPS) is 19.6. The molecule has 2 aliphatic heterocycles. The van der Waals surface area contributed by atoms with Gasteiger partial charge in [-0.05, 0) is 56.2 Å². The van der Waals surface area contributed by atoms with Gasteiger partial charge in [0.25, 0.3) is 5.91 Å². The van der Waals surface area contributed by atoms with Crippen LogP contribution < -0.4 is 4.90 Å². The summed E-state index contributed by atoms with van der Waals surface area (Å²) in [6.07, 6.45) is 2.76. The van der Waals surface area contributed by atoms with E-state index in [1.807, 2.05) is 19.1 Å². The van der Waals surface area contributed by atoms with E-state index in [9.17, 15) is 13.2 Å². The van der Waals surface area contributed by atoms with E-state index in [2.05, 4.69) is 9.88 Å². The molecule has 1 aromatic carbocycles. The van der Waals surface area contributed by atoms with Gasteiger partial charge in [0.1, 0.15) is 5.82 Å². The number of hydrogen-bond acceptors (Lipinski definition) is 6. The molecule has 162 valence electrons. The van der Waals surface area contributed by atoms with E-state index < -0.39 is 10.0 Å². The highest BCUT2D eigenvalue weighted by Gasteiger charge is 2.35. The molecule has 1 aromatic heterocycles. The van der Waals surface area contributed by atoms with Crippen LogP contribution >= 0.6 is 0 Å². The lowest BCUT2D eigenvalue weighted by atomic mass is 10.1. The summed E-state index contributed by atoms with van der Waals surface area (Å²) < 4.78 is 27.7. The zero-order chi connectivity index (χ0) is 22.2. The Morgan fingerprint density at radius 2 is 1.94 bits per heavy atom. The number of carbonyl (C=O) groups excluding carboxylic acids is 1. The first-order valence-electron chi connectivity index (χ1n) is 10.3. The summed E-state index contributed by atoms with van der Waals surface area (Å²) in [6, 6.07) is 9.98. The van der Waals surface area contributed by atoms with Crippen LogP contribution in [0.5, 0.6) is 0 Å². The molecule has 4 rings (SSSR count). The topological polar surface area (TPSA) is 97.6 Å². The number of amides is 1. The van der Waals surface area contributed by atoms with E-state index in [-0.39, 0.29) is 29.9 Å². The van der Waals surface area contributed by atoms with Crippen LogP contribution in [0.2, 0.25) is 0 Å². The van der Waals surface area contributed by atoms with E-state index >= 15 is 0 Å². The second-order valence-corrected chi connectivity index (χ2v) is 9.95. The molecular weight excluding hydrogens is 414 g/mol. The number of carbonyl (C=O) groups is 1. The van der Waals surface area contributed by atoms with Crippen molar-refractivity contribution in [2.45, 2.75) is 31.2 Å². The molecule has 0 aliphatic carbocycles. The highest BCUT2D eigenvalue weighted by Crippen LogP contribution is 2.25. The molecule has 0 radical (unpaired) electrons. The molecule has 3 heterocycles. The zero-order valence-electron chi connectivity index (χ0n) is 17.7. The summed E-state index contributed by atoms with van der Waals surface area (Å²) in [6.45, 7) is 6.27. The molecule has 2 fully saturated rings. The molecule has 1 unspecified atom stereocenters. The van der Waals surface area contributed by atoms with Crippen molar-refractivity contribution in [1.82, 2.24) is 14.2 Å². The first-order valence-corrected chi connectivity index (χ1v) is 11.8. The van der Waals surface area contributed by atoms with Gasteiger partial charge in [-0.15, -0.1) is 0 Å². The van der Waals surface area contributed by atoms with Crippen LogP contribution in [0.3, 0.4) is 0 Å². The van der Waals surface area contributed by atoms with Crippen molar-refractivity contribution in [1.29, 1.82) is 5.26 Å². The van der Waals surface area contributed by atoms with E-state index in [4.69, 9.17) is 5.26 Å². The van der Waals surface area contributed by atoms with Crippen LogP contribution in [0.1, 0.15) is 34.8 Å². The van der Waals surface area contributed by atoms with Crippen LogP contribution in [0.4, 0.5) is 5.82 Å². The predicted molar refractivity (Wildman–Crippen MR) is 116 cm³/mol. The third kappa shape index (κ3) is 4.01. The summed E-state index contributed by atoms with van der Waals surface area (Å²) in [5, 5.41) is 9.02. The van der Waals surface area contributed by atoms with Gasteiger partial charge in [0.05, 0.1) is 22.1 Å². The molecule has 31 heavy (non-hydrogen) atoms. The van der Waals surface area contributed by atoms with Crippen molar-refractivity contribution < 1.29 is 13.2 Å². The van der Waals surface area contributed by atoms with E-state index in [0.717, 1.165) is 25.3 Å². The number of piperazine rings is 1. The predicted octanol–water partition coefficient (Wildman–Crippen LogP) is 2.01. The third-order valence-corrected chi connectivity index (χ3v) is 7.97. The van der Waals surface area contributed by atoms with Crippen molar-refractivity contribution in [3.63, 3.8) is 0 Å². The lowest BCUT2D eigenvalue weighted by Gasteiger charge is -2.39. The molecule has 2 saturated heterocycles. The minimum Gasteiger partial charge on any atom is -0.356 e. The SMILES string of the molecule is Cc1cc(C#N)ccc1S(=O)(=O)N1CCN(C(=O)c2ccc(N3CCC3)nc2)C(C)C1. The van der Waals surface area contributed by atoms with Crippen LogP contribution in [0.15, 0.2) is 41.4 Å². The van der Waals surface area contributed by atoms with Crippen molar-refractivity contribution in [2.24, 2.45) is 0 Å². The fraction of sp³-hybridized carbons (Fsp3) is 0.409. The highest BCUT2D eigenvalue weighted by molar-refractivity contribution is 7.89. The maximum Gasteiger partial charge on any atom is 0.255 e. The summed E-state index contributed by atoms with van der Waals surface area (Å²) in [5.74, 6) is 0.742. The molecule has 2 aromatic rings. The molecule has 1 atom stereocenters. The Morgan fingerprint density at radius 3 is 2.48 bits per heavy atom. The Balaban J connectivity index is 1.46. The molecule has 0 spiro atoms. The lowest BCUT2D eigenvalue weighted by molar-refractivity contribution is 0.0591. The number of rotatable bonds is 4. The van der Waals surface area contributed by atoms with Crippen molar-refractivity contribution in [2.75, 3.05) is 37.6 Å². The van der Waals surface area contributed by atoms with E-state index in [1.165, 1.54) is 16.4 Å². The summed E-state index contributed by atoms with van der Waals surface area (Å²) in [7, 11) is -3.71. The second-order valence-electron chi connectivity index (χ2n) is 8.05. The number of aryl methyl sites for hydroxylation is 1. The van der Waals surface area contributed by atoms with Gasteiger partial charge in [0, 0.05) is 45.0 Å². The first-order chi connectivity index (χ1) is 14.8. The number of benzene rings is 1. The van der Waals surface area contributed by atoms with Crippen molar-refractivity contribution in [3.05, 3.63) is 53.2 Å². The van der Waals surface area contributed by atoms with E-state index in [1.54, 1.807) is 30.2 Å². The number of aromatic nitrogens is 1.